The SMILES string of the molecule is CCCC1CCC(c2ccc(C(OC(c3ccc(C4CCC(CCC)CC4)cc3)c3ccc(C#N)c(F)c3)c3ccc(C#N)c(F)c3)cc2)CC1. The molecular weight excluding hydrogens is 635 g/mol. The average molecular weight is 685 g/mol. The van der Waals surface area contributed by atoms with E-state index in [0.717, 1.165) is 23.0 Å². The Balaban J connectivity index is 1.33. The van der Waals surface area contributed by atoms with E-state index in [0.29, 0.717) is 23.0 Å². The van der Waals surface area contributed by atoms with Gasteiger partial charge in [-0.3, -0.25) is 0 Å². The molecular formula is C46H50F2N2O. The molecule has 0 saturated heterocycles. The Morgan fingerprint density at radius 1 is 0.549 bits per heavy atom. The van der Waals surface area contributed by atoms with Gasteiger partial charge in [-0.1, -0.05) is 100 Å². The van der Waals surface area contributed by atoms with E-state index in [1.54, 1.807) is 12.1 Å². The standard InChI is InChI=1S/C46H50F2N2O/c1-3-5-31-7-11-33(12-8-31)35-15-19-37(20-16-35)45(39-23-25-41(29-49)43(47)27-39)51-46(40-24-26-42(30-50)44(48)28-40)38-21-17-36(18-22-38)34-13-9-32(6-4-2)10-14-34/h15-28,31-34,45-46H,3-14H2,1-2H3. The van der Waals surface area contributed by atoms with Gasteiger partial charge in [0.1, 0.15) is 36.0 Å². The highest BCUT2D eigenvalue weighted by Crippen LogP contribution is 2.42. The van der Waals surface area contributed by atoms with Crippen LogP contribution in [0.2, 0.25) is 0 Å². The highest BCUT2D eigenvalue weighted by Gasteiger charge is 2.28. The molecule has 0 heterocycles. The number of nitriles is 2. The topological polar surface area (TPSA) is 56.8 Å². The third-order valence-corrected chi connectivity index (χ3v) is 11.6. The summed E-state index contributed by atoms with van der Waals surface area (Å²) in [4.78, 5) is 0. The van der Waals surface area contributed by atoms with Gasteiger partial charge < -0.3 is 4.74 Å². The number of ether oxygens (including phenoxy) is 1. The zero-order valence-electron chi connectivity index (χ0n) is 30.1. The molecule has 2 atom stereocenters. The molecule has 0 radical (unpaired) electrons. The second kappa shape index (κ2) is 17.3. The summed E-state index contributed by atoms with van der Waals surface area (Å²) in [5, 5.41) is 18.9. The van der Waals surface area contributed by atoms with E-state index in [2.05, 4.69) is 62.4 Å². The van der Waals surface area contributed by atoms with E-state index in [1.807, 2.05) is 12.1 Å². The van der Waals surface area contributed by atoms with E-state index in [1.165, 1.54) is 112 Å². The lowest BCUT2D eigenvalue weighted by atomic mass is 9.77. The van der Waals surface area contributed by atoms with Gasteiger partial charge in [-0.15, -0.1) is 0 Å². The predicted octanol–water partition coefficient (Wildman–Crippen LogP) is 12.8. The third kappa shape index (κ3) is 8.77. The maximum Gasteiger partial charge on any atom is 0.141 e. The quantitative estimate of drug-likeness (QED) is 0.149. The minimum atomic E-state index is -0.709. The van der Waals surface area contributed by atoms with Crippen molar-refractivity contribution >= 4 is 0 Å². The summed E-state index contributed by atoms with van der Waals surface area (Å²) in [7, 11) is 0. The molecule has 0 spiro atoms. The van der Waals surface area contributed by atoms with Crippen molar-refractivity contribution < 1.29 is 13.5 Å². The zero-order valence-corrected chi connectivity index (χ0v) is 30.1. The van der Waals surface area contributed by atoms with Crippen LogP contribution in [-0.2, 0) is 4.74 Å². The molecule has 0 aliphatic heterocycles. The summed E-state index contributed by atoms with van der Waals surface area (Å²) in [5.41, 5.74) is 5.39. The molecule has 2 fully saturated rings. The summed E-state index contributed by atoms with van der Waals surface area (Å²) in [5.74, 6) is 1.48. The molecule has 3 nitrogen and oxygen atoms in total. The van der Waals surface area contributed by atoms with Crippen molar-refractivity contribution in [1.29, 1.82) is 10.5 Å². The van der Waals surface area contributed by atoms with Crippen molar-refractivity contribution in [3.63, 3.8) is 0 Å². The molecule has 2 unspecified atom stereocenters. The molecule has 4 aromatic carbocycles. The number of hydrogen-bond donors (Lipinski definition) is 0. The van der Waals surface area contributed by atoms with Crippen LogP contribution in [0.5, 0.6) is 0 Å². The van der Waals surface area contributed by atoms with Crippen LogP contribution in [0.15, 0.2) is 84.9 Å². The number of halogens is 2. The van der Waals surface area contributed by atoms with Gasteiger partial charge >= 0.3 is 0 Å². The van der Waals surface area contributed by atoms with E-state index in [-0.39, 0.29) is 11.1 Å². The lowest BCUT2D eigenvalue weighted by Gasteiger charge is -2.30. The van der Waals surface area contributed by atoms with E-state index in [4.69, 9.17) is 4.74 Å². The lowest BCUT2D eigenvalue weighted by molar-refractivity contribution is 0.0305. The Kier molecular flexibility index (Phi) is 12.3. The highest BCUT2D eigenvalue weighted by atomic mass is 19.1. The molecule has 0 N–H and O–H groups in total. The molecule has 2 aliphatic carbocycles. The van der Waals surface area contributed by atoms with Crippen LogP contribution in [0, 0.1) is 46.1 Å². The molecule has 0 amide bonds. The van der Waals surface area contributed by atoms with Crippen LogP contribution >= 0.6 is 0 Å². The number of benzene rings is 4. The summed E-state index contributed by atoms with van der Waals surface area (Å²) < 4.78 is 37.3. The van der Waals surface area contributed by atoms with Gasteiger partial charge in [0.15, 0.2) is 0 Å². The minimum Gasteiger partial charge on any atom is -0.356 e. The van der Waals surface area contributed by atoms with Gasteiger partial charge in [0, 0.05) is 0 Å². The Labute approximate surface area is 303 Å². The molecule has 0 bridgehead atoms. The Bertz CT molecular complexity index is 1690. The van der Waals surface area contributed by atoms with Crippen LogP contribution in [0.1, 0.15) is 159 Å². The normalized spacial score (nSPS) is 21.7. The second-order valence-corrected chi connectivity index (χ2v) is 14.9. The van der Waals surface area contributed by atoms with Crippen LogP contribution in [-0.4, -0.2) is 0 Å². The number of hydrogen-bond acceptors (Lipinski definition) is 3. The maximum absolute atomic E-state index is 15.2. The first kappa shape index (κ1) is 36.5. The van der Waals surface area contributed by atoms with Gasteiger partial charge in [0.05, 0.1) is 11.1 Å². The smallest absolute Gasteiger partial charge is 0.141 e. The molecule has 5 heteroatoms. The third-order valence-electron chi connectivity index (χ3n) is 11.6. The summed E-state index contributed by atoms with van der Waals surface area (Å²) in [6.07, 6.45) is 13.5. The van der Waals surface area contributed by atoms with E-state index >= 15 is 8.78 Å². The lowest BCUT2D eigenvalue weighted by Crippen LogP contribution is -2.16. The van der Waals surface area contributed by atoms with Crippen molar-refractivity contribution in [2.24, 2.45) is 11.8 Å². The summed E-state index contributed by atoms with van der Waals surface area (Å²) in [6, 6.07) is 30.1. The van der Waals surface area contributed by atoms with Crippen molar-refractivity contribution in [1.82, 2.24) is 0 Å². The Hall–Kier alpha value is -4.32. The van der Waals surface area contributed by atoms with Crippen molar-refractivity contribution in [3.05, 3.63) is 141 Å². The fourth-order valence-electron chi connectivity index (χ4n) is 8.68. The first-order chi connectivity index (χ1) is 24.9. The molecule has 2 aliphatic rings. The monoisotopic (exact) mass is 684 g/mol. The molecule has 264 valence electrons. The average Bonchev–Trinajstić information content (AvgIpc) is 3.16. The Morgan fingerprint density at radius 3 is 1.22 bits per heavy atom. The first-order valence-corrected chi connectivity index (χ1v) is 19.1. The molecule has 6 rings (SSSR count). The first-order valence-electron chi connectivity index (χ1n) is 19.1. The summed E-state index contributed by atoms with van der Waals surface area (Å²) in [6.45, 7) is 4.53. The fraction of sp³-hybridized carbons (Fsp3) is 0.435. The highest BCUT2D eigenvalue weighted by molar-refractivity contribution is 5.42. The molecule has 51 heavy (non-hydrogen) atoms. The van der Waals surface area contributed by atoms with Gasteiger partial charge in [0.2, 0.25) is 0 Å². The second-order valence-electron chi connectivity index (χ2n) is 14.9. The zero-order chi connectivity index (χ0) is 35.7. The molecule has 4 aromatic rings. The van der Waals surface area contributed by atoms with Crippen LogP contribution in [0.3, 0.4) is 0 Å². The van der Waals surface area contributed by atoms with Gasteiger partial charge in [-0.25, -0.2) is 8.78 Å². The van der Waals surface area contributed by atoms with Crippen molar-refractivity contribution in [2.45, 2.75) is 115 Å². The molecule has 0 aromatic heterocycles. The van der Waals surface area contributed by atoms with E-state index < -0.39 is 23.8 Å². The van der Waals surface area contributed by atoms with Crippen LogP contribution < -0.4 is 0 Å². The number of nitrogens with zero attached hydrogens (tertiary/aromatic N) is 2. The minimum absolute atomic E-state index is 0.0310. The predicted molar refractivity (Wildman–Crippen MR) is 199 cm³/mol. The maximum atomic E-state index is 15.2. The van der Waals surface area contributed by atoms with Gasteiger partial charge in [-0.05, 0) is 133 Å². The Morgan fingerprint density at radius 2 is 0.902 bits per heavy atom. The molecule has 2 saturated carbocycles. The van der Waals surface area contributed by atoms with Crippen molar-refractivity contribution in [3.8, 4) is 12.1 Å². The fourth-order valence-corrected chi connectivity index (χ4v) is 8.68. The van der Waals surface area contributed by atoms with Crippen LogP contribution in [0.25, 0.3) is 0 Å². The van der Waals surface area contributed by atoms with Gasteiger partial charge in [-0.2, -0.15) is 10.5 Å². The van der Waals surface area contributed by atoms with E-state index in [9.17, 15) is 10.5 Å². The van der Waals surface area contributed by atoms with Crippen molar-refractivity contribution in [2.75, 3.05) is 0 Å². The largest absolute Gasteiger partial charge is 0.356 e. The van der Waals surface area contributed by atoms with Crippen LogP contribution in [0.4, 0.5) is 8.78 Å². The summed E-state index contributed by atoms with van der Waals surface area (Å²) >= 11 is 0. The number of rotatable bonds is 12. The van der Waals surface area contributed by atoms with Gasteiger partial charge in [0.25, 0.3) is 0 Å².